The molecule has 0 spiro atoms. The number of rotatable bonds is 3. The fourth-order valence-corrected chi connectivity index (χ4v) is 2.29. The van der Waals surface area contributed by atoms with E-state index in [0.29, 0.717) is 6.10 Å². The molecule has 0 aromatic carbocycles. The van der Waals surface area contributed by atoms with Gasteiger partial charge in [-0.05, 0) is 28.8 Å². The SMILES string of the molecule is CN(CC1CCCO1)c1ncncc1Br. The average Bonchev–Trinajstić information content (AvgIpc) is 2.71. The number of ether oxygens (including phenoxy) is 1. The highest BCUT2D eigenvalue weighted by molar-refractivity contribution is 9.10. The summed E-state index contributed by atoms with van der Waals surface area (Å²) in [6.07, 6.45) is 5.98. The quantitative estimate of drug-likeness (QED) is 0.841. The third kappa shape index (κ3) is 2.66. The lowest BCUT2D eigenvalue weighted by atomic mass is 10.2. The molecule has 2 heterocycles. The van der Waals surface area contributed by atoms with Crippen molar-refractivity contribution < 1.29 is 4.74 Å². The normalized spacial score (nSPS) is 20.5. The van der Waals surface area contributed by atoms with E-state index in [0.717, 1.165) is 29.9 Å². The maximum Gasteiger partial charge on any atom is 0.146 e. The third-order valence-electron chi connectivity index (χ3n) is 2.51. The van der Waals surface area contributed by atoms with Crippen LogP contribution in [0.2, 0.25) is 0 Å². The topological polar surface area (TPSA) is 38.2 Å². The van der Waals surface area contributed by atoms with E-state index in [2.05, 4.69) is 30.8 Å². The molecule has 5 heteroatoms. The number of hydrogen-bond donors (Lipinski definition) is 0. The smallest absolute Gasteiger partial charge is 0.146 e. The first-order valence-electron chi connectivity index (χ1n) is 5.05. The maximum absolute atomic E-state index is 5.58. The van der Waals surface area contributed by atoms with Crippen LogP contribution in [0.3, 0.4) is 0 Å². The van der Waals surface area contributed by atoms with Crippen molar-refractivity contribution >= 4 is 21.7 Å². The molecular formula is C10H14BrN3O. The van der Waals surface area contributed by atoms with Gasteiger partial charge in [0.2, 0.25) is 0 Å². The van der Waals surface area contributed by atoms with Gasteiger partial charge in [0.15, 0.2) is 0 Å². The van der Waals surface area contributed by atoms with E-state index in [1.54, 1.807) is 12.5 Å². The molecule has 15 heavy (non-hydrogen) atoms. The lowest BCUT2D eigenvalue weighted by molar-refractivity contribution is 0.116. The summed E-state index contributed by atoms with van der Waals surface area (Å²) >= 11 is 3.44. The summed E-state index contributed by atoms with van der Waals surface area (Å²) in [5.74, 6) is 0.917. The molecule has 2 rings (SSSR count). The van der Waals surface area contributed by atoms with Crippen LogP contribution in [0.4, 0.5) is 5.82 Å². The van der Waals surface area contributed by atoms with Crippen molar-refractivity contribution in [3.63, 3.8) is 0 Å². The van der Waals surface area contributed by atoms with Crippen molar-refractivity contribution in [2.45, 2.75) is 18.9 Å². The lowest BCUT2D eigenvalue weighted by Gasteiger charge is -2.22. The Bertz CT molecular complexity index is 328. The van der Waals surface area contributed by atoms with Crippen LogP contribution in [0, 0.1) is 0 Å². The second kappa shape index (κ2) is 4.90. The minimum absolute atomic E-state index is 0.344. The van der Waals surface area contributed by atoms with Gasteiger partial charge in [-0.3, -0.25) is 0 Å². The lowest BCUT2D eigenvalue weighted by Crippen LogP contribution is -2.29. The number of anilines is 1. The fourth-order valence-electron chi connectivity index (χ4n) is 1.77. The van der Waals surface area contributed by atoms with Crippen molar-refractivity contribution in [2.75, 3.05) is 25.1 Å². The van der Waals surface area contributed by atoms with Crippen molar-refractivity contribution in [3.8, 4) is 0 Å². The average molecular weight is 272 g/mol. The zero-order valence-electron chi connectivity index (χ0n) is 8.69. The van der Waals surface area contributed by atoms with E-state index in [4.69, 9.17) is 4.74 Å². The molecule has 0 bridgehead atoms. The van der Waals surface area contributed by atoms with Crippen LogP contribution in [0.15, 0.2) is 17.0 Å². The van der Waals surface area contributed by atoms with Gasteiger partial charge >= 0.3 is 0 Å². The van der Waals surface area contributed by atoms with Crippen molar-refractivity contribution in [3.05, 3.63) is 17.0 Å². The summed E-state index contributed by atoms with van der Waals surface area (Å²) in [6, 6.07) is 0. The van der Waals surface area contributed by atoms with Gasteiger partial charge in [0.1, 0.15) is 12.1 Å². The van der Waals surface area contributed by atoms with E-state index >= 15 is 0 Å². The Kier molecular flexibility index (Phi) is 3.53. The van der Waals surface area contributed by atoms with Crippen molar-refractivity contribution in [1.29, 1.82) is 0 Å². The minimum atomic E-state index is 0.344. The molecule has 1 aliphatic heterocycles. The molecule has 0 radical (unpaired) electrons. The van der Waals surface area contributed by atoms with Gasteiger partial charge < -0.3 is 9.64 Å². The van der Waals surface area contributed by atoms with Gasteiger partial charge in [-0.25, -0.2) is 9.97 Å². The first kappa shape index (κ1) is 10.8. The molecule has 0 saturated carbocycles. The van der Waals surface area contributed by atoms with Crippen LogP contribution in [0.25, 0.3) is 0 Å². The molecule has 0 amide bonds. The minimum Gasteiger partial charge on any atom is -0.376 e. The highest BCUT2D eigenvalue weighted by atomic mass is 79.9. The second-order valence-corrected chi connectivity index (χ2v) is 4.56. The second-order valence-electron chi connectivity index (χ2n) is 3.71. The highest BCUT2D eigenvalue weighted by Gasteiger charge is 2.18. The molecule has 0 aliphatic carbocycles. The summed E-state index contributed by atoms with van der Waals surface area (Å²) in [4.78, 5) is 10.3. The van der Waals surface area contributed by atoms with Crippen LogP contribution >= 0.6 is 15.9 Å². The van der Waals surface area contributed by atoms with Crippen LogP contribution in [-0.4, -0.2) is 36.3 Å². The number of halogens is 1. The first-order valence-corrected chi connectivity index (χ1v) is 5.85. The van der Waals surface area contributed by atoms with Gasteiger partial charge in [0.05, 0.1) is 10.6 Å². The van der Waals surface area contributed by atoms with Gasteiger partial charge in [-0.2, -0.15) is 0 Å². The van der Waals surface area contributed by atoms with Crippen LogP contribution in [-0.2, 0) is 4.74 Å². The Balaban J connectivity index is 2.00. The number of nitrogens with zero attached hydrogens (tertiary/aromatic N) is 3. The highest BCUT2D eigenvalue weighted by Crippen LogP contribution is 2.22. The summed E-state index contributed by atoms with van der Waals surface area (Å²) in [5, 5.41) is 0. The molecule has 1 aromatic heterocycles. The predicted molar refractivity (Wildman–Crippen MR) is 62.0 cm³/mol. The van der Waals surface area contributed by atoms with Gasteiger partial charge in [-0.15, -0.1) is 0 Å². The zero-order valence-corrected chi connectivity index (χ0v) is 10.3. The van der Waals surface area contributed by atoms with E-state index in [9.17, 15) is 0 Å². The summed E-state index contributed by atoms with van der Waals surface area (Å²) in [5.41, 5.74) is 0. The fraction of sp³-hybridized carbons (Fsp3) is 0.600. The number of likely N-dealkylation sites (N-methyl/N-ethyl adjacent to an activating group) is 1. The molecule has 1 saturated heterocycles. The summed E-state index contributed by atoms with van der Waals surface area (Å²) < 4.78 is 6.51. The standard InChI is InChI=1S/C10H14BrN3O/c1-14(6-8-3-2-4-15-8)10-9(11)5-12-7-13-10/h5,7-8H,2-4,6H2,1H3. The Morgan fingerprint density at radius 1 is 1.67 bits per heavy atom. The van der Waals surface area contributed by atoms with Gasteiger partial charge in [0.25, 0.3) is 0 Å². The van der Waals surface area contributed by atoms with Crippen molar-refractivity contribution in [1.82, 2.24) is 9.97 Å². The molecule has 1 fully saturated rings. The Labute approximate surface area is 97.8 Å². The van der Waals surface area contributed by atoms with E-state index in [-0.39, 0.29) is 0 Å². The predicted octanol–water partition coefficient (Wildman–Crippen LogP) is 1.85. The third-order valence-corrected chi connectivity index (χ3v) is 3.07. The van der Waals surface area contributed by atoms with Gasteiger partial charge in [0, 0.05) is 26.4 Å². The van der Waals surface area contributed by atoms with E-state index in [1.807, 2.05) is 7.05 Å². The number of aromatic nitrogens is 2. The molecule has 82 valence electrons. The number of hydrogen-bond acceptors (Lipinski definition) is 4. The van der Waals surface area contributed by atoms with Gasteiger partial charge in [-0.1, -0.05) is 0 Å². The Hall–Kier alpha value is -0.680. The van der Waals surface area contributed by atoms with E-state index in [1.165, 1.54) is 6.42 Å². The molecule has 1 aliphatic rings. The van der Waals surface area contributed by atoms with Crippen molar-refractivity contribution in [2.24, 2.45) is 0 Å². The molecule has 0 N–H and O–H groups in total. The van der Waals surface area contributed by atoms with Crippen LogP contribution in [0.5, 0.6) is 0 Å². The largest absolute Gasteiger partial charge is 0.376 e. The van der Waals surface area contributed by atoms with Crippen LogP contribution in [0.1, 0.15) is 12.8 Å². The monoisotopic (exact) mass is 271 g/mol. The summed E-state index contributed by atoms with van der Waals surface area (Å²) in [7, 11) is 2.02. The molecule has 4 nitrogen and oxygen atoms in total. The molecule has 1 aromatic rings. The Morgan fingerprint density at radius 2 is 2.53 bits per heavy atom. The first-order chi connectivity index (χ1) is 7.27. The molecule has 1 unspecified atom stereocenters. The Morgan fingerprint density at radius 3 is 3.20 bits per heavy atom. The molecule has 1 atom stereocenters. The zero-order chi connectivity index (χ0) is 10.7. The summed E-state index contributed by atoms with van der Waals surface area (Å²) in [6.45, 7) is 1.78. The maximum atomic E-state index is 5.58. The van der Waals surface area contributed by atoms with Crippen LogP contribution < -0.4 is 4.90 Å². The molecular weight excluding hydrogens is 258 g/mol. The van der Waals surface area contributed by atoms with E-state index < -0.39 is 0 Å².